The van der Waals surface area contributed by atoms with Crippen molar-refractivity contribution in [1.82, 2.24) is 15.5 Å². The number of aliphatic carboxylic acids is 1. The molecule has 1 aromatic heterocycles. The molecule has 2 rings (SSSR count). The first-order valence-corrected chi connectivity index (χ1v) is 5.69. The van der Waals surface area contributed by atoms with Gasteiger partial charge in [-0.2, -0.15) is 5.10 Å². The summed E-state index contributed by atoms with van der Waals surface area (Å²) < 4.78 is 0. The van der Waals surface area contributed by atoms with Gasteiger partial charge in [-0.1, -0.05) is 0 Å². The molecule has 4 N–H and O–H groups in total. The highest BCUT2D eigenvalue weighted by Crippen LogP contribution is 2.13. The van der Waals surface area contributed by atoms with E-state index in [1.54, 1.807) is 24.4 Å². The summed E-state index contributed by atoms with van der Waals surface area (Å²) in [6.07, 6.45) is 1.55. The fourth-order valence-corrected chi connectivity index (χ4v) is 1.71. The molecule has 0 saturated heterocycles. The Morgan fingerprint density at radius 3 is 2.89 bits per heavy atom. The van der Waals surface area contributed by atoms with Gasteiger partial charge in [-0.15, -0.1) is 0 Å². The number of hydrogen-bond donors (Lipinski definition) is 4. The number of nitrogens with one attached hydrogen (secondary N) is 2. The number of rotatable bonds is 5. The molecule has 0 bridgehead atoms. The average molecular weight is 263 g/mol. The van der Waals surface area contributed by atoms with E-state index in [-0.39, 0.29) is 13.0 Å². The van der Waals surface area contributed by atoms with Crippen LogP contribution in [0, 0.1) is 0 Å². The second-order valence-corrected chi connectivity index (χ2v) is 4.05. The van der Waals surface area contributed by atoms with Gasteiger partial charge < -0.3 is 15.5 Å². The molecule has 0 saturated carbocycles. The minimum absolute atomic E-state index is 0.0327. The number of amides is 1. The SMILES string of the molecule is O=C(N[C@@H](CCO)C(=O)O)c1ccc2[nH]ncc2c1. The maximum Gasteiger partial charge on any atom is 0.326 e. The highest BCUT2D eigenvalue weighted by Gasteiger charge is 2.20. The van der Waals surface area contributed by atoms with Crippen molar-refractivity contribution in [3.05, 3.63) is 30.0 Å². The van der Waals surface area contributed by atoms with Crippen molar-refractivity contribution in [3.63, 3.8) is 0 Å². The van der Waals surface area contributed by atoms with E-state index in [0.717, 1.165) is 10.9 Å². The number of fused-ring (bicyclic) bond motifs is 1. The summed E-state index contributed by atoms with van der Waals surface area (Å²) in [5.41, 5.74) is 1.14. The van der Waals surface area contributed by atoms with Gasteiger partial charge in [-0.25, -0.2) is 4.79 Å². The summed E-state index contributed by atoms with van der Waals surface area (Å²) in [6.45, 7) is -0.308. The molecule has 0 aliphatic rings. The van der Waals surface area contributed by atoms with Crippen LogP contribution in [0.2, 0.25) is 0 Å². The number of nitrogens with zero attached hydrogens (tertiary/aromatic N) is 1. The summed E-state index contributed by atoms with van der Waals surface area (Å²) in [5.74, 6) is -1.67. The molecular weight excluding hydrogens is 250 g/mol. The molecule has 7 nitrogen and oxygen atoms in total. The summed E-state index contributed by atoms with van der Waals surface area (Å²) in [7, 11) is 0. The number of aromatic nitrogens is 2. The molecule has 0 spiro atoms. The van der Waals surface area contributed by atoms with E-state index in [4.69, 9.17) is 10.2 Å². The quantitative estimate of drug-likeness (QED) is 0.612. The third-order valence-corrected chi connectivity index (χ3v) is 2.72. The number of aliphatic hydroxyl groups excluding tert-OH is 1. The molecule has 0 aliphatic heterocycles. The number of carbonyl (C=O) groups is 2. The molecule has 0 radical (unpaired) electrons. The molecule has 0 fully saturated rings. The third-order valence-electron chi connectivity index (χ3n) is 2.72. The Labute approximate surface area is 108 Å². The monoisotopic (exact) mass is 263 g/mol. The van der Waals surface area contributed by atoms with Crippen molar-refractivity contribution in [1.29, 1.82) is 0 Å². The van der Waals surface area contributed by atoms with Crippen LogP contribution in [-0.2, 0) is 4.79 Å². The van der Waals surface area contributed by atoms with E-state index in [1.807, 2.05) is 0 Å². The van der Waals surface area contributed by atoms with E-state index in [9.17, 15) is 9.59 Å². The van der Waals surface area contributed by atoms with Gasteiger partial charge in [0.25, 0.3) is 5.91 Å². The van der Waals surface area contributed by atoms with Gasteiger partial charge in [0.15, 0.2) is 0 Å². The maximum atomic E-state index is 11.9. The molecule has 19 heavy (non-hydrogen) atoms. The number of benzene rings is 1. The van der Waals surface area contributed by atoms with Gasteiger partial charge in [0.2, 0.25) is 0 Å². The highest BCUT2D eigenvalue weighted by molar-refractivity contribution is 5.99. The zero-order valence-corrected chi connectivity index (χ0v) is 9.96. The Bertz CT molecular complexity index is 608. The number of H-pyrrole nitrogens is 1. The Balaban J connectivity index is 2.16. The average Bonchev–Trinajstić information content (AvgIpc) is 2.85. The molecule has 1 aromatic carbocycles. The first kappa shape index (κ1) is 13.0. The van der Waals surface area contributed by atoms with Crippen molar-refractivity contribution in [2.45, 2.75) is 12.5 Å². The Kier molecular flexibility index (Phi) is 3.76. The number of hydrogen-bond acceptors (Lipinski definition) is 4. The van der Waals surface area contributed by atoms with Crippen LogP contribution in [0.5, 0.6) is 0 Å². The van der Waals surface area contributed by atoms with Crippen LogP contribution in [0.4, 0.5) is 0 Å². The second-order valence-electron chi connectivity index (χ2n) is 4.05. The van der Waals surface area contributed by atoms with Gasteiger partial charge in [-0.05, 0) is 18.2 Å². The van der Waals surface area contributed by atoms with E-state index < -0.39 is 17.9 Å². The number of aromatic amines is 1. The Hall–Kier alpha value is -2.41. The van der Waals surface area contributed by atoms with Crippen LogP contribution >= 0.6 is 0 Å². The van der Waals surface area contributed by atoms with E-state index in [1.165, 1.54) is 0 Å². The number of carboxylic acids is 1. The molecule has 1 amide bonds. The lowest BCUT2D eigenvalue weighted by atomic mass is 10.1. The number of carbonyl (C=O) groups excluding carboxylic acids is 1. The topological polar surface area (TPSA) is 115 Å². The predicted octanol–water partition coefficient (Wildman–Crippen LogP) is 0.128. The van der Waals surface area contributed by atoms with E-state index in [2.05, 4.69) is 15.5 Å². The fraction of sp³-hybridized carbons (Fsp3) is 0.250. The van der Waals surface area contributed by atoms with Crippen LogP contribution in [0.25, 0.3) is 10.9 Å². The molecule has 0 aliphatic carbocycles. The standard InChI is InChI=1S/C12H13N3O4/c16-4-3-10(12(18)19)14-11(17)7-1-2-9-8(5-7)6-13-15-9/h1-2,5-6,10,16H,3-4H2,(H,13,15)(H,14,17)(H,18,19)/t10-/m0/s1. The van der Waals surface area contributed by atoms with Crippen molar-refractivity contribution in [2.24, 2.45) is 0 Å². The van der Waals surface area contributed by atoms with Crippen LogP contribution in [0.1, 0.15) is 16.8 Å². The predicted molar refractivity (Wildman–Crippen MR) is 66.7 cm³/mol. The minimum atomic E-state index is -1.17. The summed E-state index contributed by atoms with van der Waals surface area (Å²) in [6, 6.07) is 3.79. The smallest absolute Gasteiger partial charge is 0.326 e. The van der Waals surface area contributed by atoms with Crippen LogP contribution in [0.15, 0.2) is 24.4 Å². The first-order chi connectivity index (χ1) is 9.11. The zero-order valence-electron chi connectivity index (χ0n) is 9.96. The number of aliphatic hydroxyl groups is 1. The molecule has 100 valence electrons. The molecule has 2 aromatic rings. The Morgan fingerprint density at radius 1 is 1.42 bits per heavy atom. The molecular formula is C12H13N3O4. The van der Waals surface area contributed by atoms with Crippen LogP contribution in [0.3, 0.4) is 0 Å². The van der Waals surface area contributed by atoms with Crippen molar-refractivity contribution < 1.29 is 19.8 Å². The summed E-state index contributed by atoms with van der Waals surface area (Å²) in [4.78, 5) is 22.8. The van der Waals surface area contributed by atoms with Crippen molar-refractivity contribution in [3.8, 4) is 0 Å². The van der Waals surface area contributed by atoms with Gasteiger partial charge >= 0.3 is 5.97 Å². The molecule has 1 heterocycles. The summed E-state index contributed by atoms with van der Waals surface area (Å²) >= 11 is 0. The van der Waals surface area contributed by atoms with E-state index >= 15 is 0 Å². The first-order valence-electron chi connectivity index (χ1n) is 5.69. The lowest BCUT2D eigenvalue weighted by Gasteiger charge is -2.13. The molecule has 7 heteroatoms. The lowest BCUT2D eigenvalue weighted by Crippen LogP contribution is -2.41. The minimum Gasteiger partial charge on any atom is -0.480 e. The van der Waals surface area contributed by atoms with Crippen molar-refractivity contribution in [2.75, 3.05) is 6.61 Å². The normalized spacial score (nSPS) is 12.3. The fourth-order valence-electron chi connectivity index (χ4n) is 1.71. The third kappa shape index (κ3) is 2.89. The van der Waals surface area contributed by atoms with E-state index in [0.29, 0.717) is 5.56 Å². The summed E-state index contributed by atoms with van der Waals surface area (Å²) in [5, 5.41) is 27.4. The van der Waals surface area contributed by atoms with Gasteiger partial charge in [0.1, 0.15) is 6.04 Å². The highest BCUT2D eigenvalue weighted by atomic mass is 16.4. The largest absolute Gasteiger partial charge is 0.480 e. The molecule has 1 atom stereocenters. The molecule has 0 unspecified atom stereocenters. The van der Waals surface area contributed by atoms with Gasteiger partial charge in [0, 0.05) is 24.0 Å². The second kappa shape index (κ2) is 5.49. The van der Waals surface area contributed by atoms with Gasteiger partial charge in [0.05, 0.1) is 11.7 Å². The number of carboxylic acid groups (broad SMARTS) is 1. The zero-order chi connectivity index (χ0) is 13.8. The van der Waals surface area contributed by atoms with Crippen LogP contribution in [-0.4, -0.2) is 44.9 Å². The van der Waals surface area contributed by atoms with Crippen molar-refractivity contribution >= 4 is 22.8 Å². The maximum absolute atomic E-state index is 11.9. The Morgan fingerprint density at radius 2 is 2.21 bits per heavy atom. The lowest BCUT2D eigenvalue weighted by molar-refractivity contribution is -0.139. The van der Waals surface area contributed by atoms with Gasteiger partial charge in [-0.3, -0.25) is 9.89 Å². The van der Waals surface area contributed by atoms with Crippen LogP contribution < -0.4 is 5.32 Å².